The molecule has 1 saturated heterocycles. The van der Waals surface area contributed by atoms with Gasteiger partial charge in [-0.3, -0.25) is 0 Å². The minimum Gasteiger partial charge on any atom is -0.463 e. The standard InChI is InChI=1S/C4H5FO2/c5-3-1-2-7-4(3)6/h3H,1-2H2/t3-/m0/s1. The Hall–Kier alpha value is -0.600. The quantitative estimate of drug-likeness (QED) is 0.412. The van der Waals surface area contributed by atoms with Crippen LogP contribution in [0.5, 0.6) is 0 Å². The van der Waals surface area contributed by atoms with E-state index < -0.39 is 12.1 Å². The lowest BCUT2D eigenvalue weighted by Gasteiger charge is -1.85. The number of ether oxygens (including phenoxy) is 1. The van der Waals surface area contributed by atoms with Crippen LogP contribution >= 0.6 is 0 Å². The van der Waals surface area contributed by atoms with E-state index in [0.29, 0.717) is 0 Å². The van der Waals surface area contributed by atoms with Crippen LogP contribution in [0.1, 0.15) is 6.42 Å². The summed E-state index contributed by atoms with van der Waals surface area (Å²) in [5.74, 6) is -0.708. The molecule has 1 aliphatic heterocycles. The average molecular weight is 104 g/mol. The summed E-state index contributed by atoms with van der Waals surface area (Å²) in [6.07, 6.45) is -1.11. The molecule has 0 spiro atoms. The molecule has 0 aromatic heterocycles. The summed E-state index contributed by atoms with van der Waals surface area (Å²) in [5.41, 5.74) is 0. The normalized spacial score (nSPS) is 30.4. The third-order valence-corrected chi connectivity index (χ3v) is 0.871. The Morgan fingerprint density at radius 3 is 2.71 bits per heavy atom. The Balaban J connectivity index is 2.48. The first-order valence-electron chi connectivity index (χ1n) is 2.11. The molecule has 0 aromatic rings. The molecule has 3 heteroatoms. The number of hydrogen-bond acceptors (Lipinski definition) is 2. The van der Waals surface area contributed by atoms with Gasteiger partial charge in [0.1, 0.15) is 0 Å². The molecular formula is C4H5FO2. The monoisotopic (exact) mass is 104 g/mol. The number of alkyl halides is 1. The second-order valence-corrected chi connectivity index (χ2v) is 1.42. The number of hydrogen-bond donors (Lipinski definition) is 0. The second-order valence-electron chi connectivity index (χ2n) is 1.42. The van der Waals surface area contributed by atoms with Crippen molar-refractivity contribution in [2.75, 3.05) is 6.61 Å². The van der Waals surface area contributed by atoms with Crippen molar-refractivity contribution in [3.63, 3.8) is 0 Å². The van der Waals surface area contributed by atoms with E-state index in [-0.39, 0.29) is 13.0 Å². The molecule has 1 rings (SSSR count). The van der Waals surface area contributed by atoms with Crippen molar-refractivity contribution in [2.24, 2.45) is 0 Å². The van der Waals surface area contributed by atoms with Crippen molar-refractivity contribution in [3.05, 3.63) is 0 Å². The largest absolute Gasteiger partial charge is 0.463 e. The molecule has 0 aromatic carbocycles. The summed E-state index contributed by atoms with van der Waals surface area (Å²) < 4.78 is 16.1. The van der Waals surface area contributed by atoms with Crippen LogP contribution in [0.2, 0.25) is 0 Å². The molecule has 7 heavy (non-hydrogen) atoms. The molecule has 0 radical (unpaired) electrons. The van der Waals surface area contributed by atoms with Crippen LogP contribution in [-0.2, 0) is 9.53 Å². The van der Waals surface area contributed by atoms with E-state index in [1.807, 2.05) is 0 Å². The molecule has 1 atom stereocenters. The van der Waals surface area contributed by atoms with Gasteiger partial charge in [-0.1, -0.05) is 0 Å². The van der Waals surface area contributed by atoms with Crippen molar-refractivity contribution >= 4 is 5.97 Å². The Kier molecular flexibility index (Phi) is 0.964. The summed E-state index contributed by atoms with van der Waals surface area (Å²) in [7, 11) is 0. The predicted molar refractivity (Wildman–Crippen MR) is 20.5 cm³/mol. The van der Waals surface area contributed by atoms with Crippen LogP contribution in [0.25, 0.3) is 0 Å². The van der Waals surface area contributed by atoms with Crippen LogP contribution in [0.3, 0.4) is 0 Å². The third kappa shape index (κ3) is 0.706. The fraction of sp³-hybridized carbons (Fsp3) is 0.750. The molecule has 0 bridgehead atoms. The first kappa shape index (κ1) is 4.56. The van der Waals surface area contributed by atoms with Gasteiger partial charge in [0, 0.05) is 6.42 Å². The smallest absolute Gasteiger partial charge is 0.340 e. The minimum absolute atomic E-state index is 0.235. The molecular weight excluding hydrogens is 99.0 g/mol. The zero-order chi connectivity index (χ0) is 5.28. The minimum atomic E-state index is -1.35. The van der Waals surface area contributed by atoms with E-state index in [2.05, 4.69) is 4.74 Å². The molecule has 2 nitrogen and oxygen atoms in total. The van der Waals surface area contributed by atoms with Gasteiger partial charge in [-0.2, -0.15) is 0 Å². The molecule has 0 amide bonds. The summed E-state index contributed by atoms with van der Waals surface area (Å²) in [5, 5.41) is 0. The van der Waals surface area contributed by atoms with E-state index in [4.69, 9.17) is 0 Å². The SMILES string of the molecule is O=C1OCC[C@@H]1F. The molecule has 0 N–H and O–H groups in total. The van der Waals surface area contributed by atoms with E-state index in [1.54, 1.807) is 0 Å². The summed E-state index contributed by atoms with van der Waals surface area (Å²) in [6, 6.07) is 0. The number of rotatable bonds is 0. The second kappa shape index (κ2) is 1.48. The fourth-order valence-corrected chi connectivity index (χ4v) is 0.471. The number of halogens is 1. The maximum absolute atomic E-state index is 11.8. The first-order valence-corrected chi connectivity index (χ1v) is 2.11. The van der Waals surface area contributed by atoms with Crippen LogP contribution in [-0.4, -0.2) is 18.7 Å². The van der Waals surface area contributed by atoms with Crippen molar-refractivity contribution in [1.29, 1.82) is 0 Å². The summed E-state index contributed by atoms with van der Waals surface area (Å²) in [4.78, 5) is 9.98. The van der Waals surface area contributed by atoms with Gasteiger partial charge in [-0.05, 0) is 0 Å². The lowest BCUT2D eigenvalue weighted by atomic mass is 10.3. The maximum Gasteiger partial charge on any atom is 0.340 e. The molecule has 1 fully saturated rings. The number of esters is 1. The van der Waals surface area contributed by atoms with Crippen molar-refractivity contribution in [2.45, 2.75) is 12.6 Å². The third-order valence-electron chi connectivity index (χ3n) is 0.871. The van der Waals surface area contributed by atoms with Gasteiger partial charge in [-0.15, -0.1) is 0 Å². The Morgan fingerprint density at radius 1 is 1.86 bits per heavy atom. The average Bonchev–Trinajstić information content (AvgIpc) is 1.91. The zero-order valence-electron chi connectivity index (χ0n) is 3.69. The lowest BCUT2D eigenvalue weighted by Crippen LogP contribution is -2.05. The lowest BCUT2D eigenvalue weighted by molar-refractivity contribution is -0.141. The highest BCUT2D eigenvalue weighted by atomic mass is 19.1. The molecule has 0 unspecified atom stereocenters. The molecule has 0 saturated carbocycles. The van der Waals surface area contributed by atoms with Gasteiger partial charge in [0.15, 0.2) is 0 Å². The van der Waals surface area contributed by atoms with Crippen molar-refractivity contribution in [3.8, 4) is 0 Å². The van der Waals surface area contributed by atoms with Gasteiger partial charge in [-0.25, -0.2) is 9.18 Å². The van der Waals surface area contributed by atoms with Gasteiger partial charge >= 0.3 is 5.97 Å². The highest BCUT2D eigenvalue weighted by Crippen LogP contribution is 2.08. The molecule has 1 aliphatic rings. The molecule has 40 valence electrons. The fourth-order valence-electron chi connectivity index (χ4n) is 0.471. The van der Waals surface area contributed by atoms with Gasteiger partial charge in [0.25, 0.3) is 0 Å². The zero-order valence-corrected chi connectivity index (χ0v) is 3.69. The van der Waals surface area contributed by atoms with Gasteiger partial charge in [0.05, 0.1) is 6.61 Å². The van der Waals surface area contributed by atoms with E-state index in [1.165, 1.54) is 0 Å². The number of carbonyl (C=O) groups is 1. The number of carbonyl (C=O) groups excluding carboxylic acids is 1. The Labute approximate surface area is 40.3 Å². The van der Waals surface area contributed by atoms with Crippen molar-refractivity contribution < 1.29 is 13.9 Å². The van der Waals surface area contributed by atoms with E-state index >= 15 is 0 Å². The van der Waals surface area contributed by atoms with Crippen LogP contribution in [0.15, 0.2) is 0 Å². The van der Waals surface area contributed by atoms with Crippen LogP contribution in [0.4, 0.5) is 4.39 Å². The number of cyclic esters (lactones) is 1. The summed E-state index contributed by atoms with van der Waals surface area (Å²) in [6.45, 7) is 0.250. The Bertz CT molecular complexity index is 91.7. The van der Waals surface area contributed by atoms with E-state index in [0.717, 1.165) is 0 Å². The topological polar surface area (TPSA) is 26.3 Å². The highest BCUT2D eigenvalue weighted by Gasteiger charge is 2.24. The highest BCUT2D eigenvalue weighted by molar-refractivity contribution is 5.76. The van der Waals surface area contributed by atoms with Crippen LogP contribution < -0.4 is 0 Å². The molecule has 0 aliphatic carbocycles. The maximum atomic E-state index is 11.8. The van der Waals surface area contributed by atoms with Gasteiger partial charge in [0.2, 0.25) is 6.17 Å². The van der Waals surface area contributed by atoms with Gasteiger partial charge < -0.3 is 4.74 Å². The Morgan fingerprint density at radius 2 is 2.57 bits per heavy atom. The molecule has 1 heterocycles. The van der Waals surface area contributed by atoms with Crippen LogP contribution in [0, 0.1) is 0 Å². The predicted octanol–water partition coefficient (Wildman–Crippen LogP) is 0.271. The first-order chi connectivity index (χ1) is 3.30. The van der Waals surface area contributed by atoms with E-state index in [9.17, 15) is 9.18 Å². The van der Waals surface area contributed by atoms with Crippen molar-refractivity contribution in [1.82, 2.24) is 0 Å². The summed E-state index contributed by atoms with van der Waals surface area (Å²) >= 11 is 0.